The molecular formula is C20H30N4O. The molecule has 1 amide bonds. The fourth-order valence-corrected chi connectivity index (χ4v) is 3.71. The Bertz CT molecular complexity index is 701. The molecule has 0 saturated carbocycles. The Morgan fingerprint density at radius 3 is 2.84 bits per heavy atom. The summed E-state index contributed by atoms with van der Waals surface area (Å²) in [4.78, 5) is 22.3. The van der Waals surface area contributed by atoms with Gasteiger partial charge in [-0.05, 0) is 68.8 Å². The van der Waals surface area contributed by atoms with E-state index in [1.54, 1.807) is 0 Å². The quantitative estimate of drug-likeness (QED) is 0.847. The number of nitrogens with zero attached hydrogens (tertiary/aromatic N) is 2. The minimum Gasteiger partial charge on any atom is -0.355 e. The van der Waals surface area contributed by atoms with Crippen LogP contribution in [0.5, 0.6) is 0 Å². The molecule has 5 heteroatoms. The van der Waals surface area contributed by atoms with Gasteiger partial charge < -0.3 is 10.3 Å². The van der Waals surface area contributed by atoms with E-state index in [4.69, 9.17) is 0 Å². The minimum atomic E-state index is -0.0438. The minimum absolute atomic E-state index is 0.0438. The zero-order chi connectivity index (χ0) is 17.8. The first kappa shape index (κ1) is 17.9. The van der Waals surface area contributed by atoms with Gasteiger partial charge in [-0.25, -0.2) is 4.98 Å². The number of carbonyl (C=O) groups is 1. The van der Waals surface area contributed by atoms with Crippen LogP contribution in [0.2, 0.25) is 0 Å². The lowest BCUT2D eigenvalue weighted by Gasteiger charge is -2.35. The number of carbonyl (C=O) groups excluding carboxylic acids is 1. The highest BCUT2D eigenvalue weighted by Crippen LogP contribution is 2.33. The Labute approximate surface area is 150 Å². The molecule has 1 unspecified atom stereocenters. The van der Waals surface area contributed by atoms with E-state index in [9.17, 15) is 4.79 Å². The highest BCUT2D eigenvalue weighted by Gasteiger charge is 2.28. The number of aromatic nitrogens is 2. The van der Waals surface area contributed by atoms with Gasteiger partial charge in [-0.3, -0.25) is 9.69 Å². The van der Waals surface area contributed by atoms with Gasteiger partial charge in [0, 0.05) is 24.3 Å². The number of H-pyrrole nitrogens is 1. The molecular weight excluding hydrogens is 312 g/mol. The number of hydrogen-bond acceptors (Lipinski definition) is 3. The molecule has 25 heavy (non-hydrogen) atoms. The predicted octanol–water partition coefficient (Wildman–Crippen LogP) is 3.29. The van der Waals surface area contributed by atoms with E-state index >= 15 is 0 Å². The van der Waals surface area contributed by atoms with Crippen molar-refractivity contribution in [3.63, 3.8) is 0 Å². The van der Waals surface area contributed by atoms with Gasteiger partial charge in [-0.2, -0.15) is 0 Å². The van der Waals surface area contributed by atoms with E-state index in [2.05, 4.69) is 46.3 Å². The largest absolute Gasteiger partial charge is 0.355 e. The van der Waals surface area contributed by atoms with E-state index in [1.807, 2.05) is 19.2 Å². The van der Waals surface area contributed by atoms with Gasteiger partial charge in [-0.15, -0.1) is 0 Å². The highest BCUT2D eigenvalue weighted by atomic mass is 16.2. The molecule has 2 aromatic rings. The van der Waals surface area contributed by atoms with Crippen LogP contribution in [0.25, 0.3) is 11.0 Å². The normalized spacial score (nSPS) is 17.9. The van der Waals surface area contributed by atoms with Crippen LogP contribution in [0.1, 0.15) is 51.5 Å². The average Bonchev–Trinajstić information content (AvgIpc) is 3.05. The molecule has 3 rings (SSSR count). The summed E-state index contributed by atoms with van der Waals surface area (Å²) in [6, 6.07) is 4.10. The second-order valence-electron chi connectivity index (χ2n) is 7.60. The molecule has 2 N–H and O–H groups in total. The number of hydrogen-bond donors (Lipinski definition) is 2. The number of likely N-dealkylation sites (tertiary alicyclic amines) is 1. The van der Waals surface area contributed by atoms with Crippen molar-refractivity contribution in [2.75, 3.05) is 19.6 Å². The maximum Gasteiger partial charge on any atom is 0.237 e. The molecule has 1 saturated heterocycles. The topological polar surface area (TPSA) is 61.0 Å². The Morgan fingerprint density at radius 1 is 1.36 bits per heavy atom. The van der Waals surface area contributed by atoms with Gasteiger partial charge in [0.05, 0.1) is 6.04 Å². The van der Waals surface area contributed by atoms with Crippen molar-refractivity contribution >= 4 is 16.9 Å². The van der Waals surface area contributed by atoms with Crippen molar-refractivity contribution in [3.8, 4) is 0 Å². The van der Waals surface area contributed by atoms with Crippen molar-refractivity contribution in [2.45, 2.75) is 52.0 Å². The van der Waals surface area contributed by atoms with Crippen LogP contribution in [0.15, 0.2) is 24.5 Å². The van der Waals surface area contributed by atoms with Crippen molar-refractivity contribution < 1.29 is 4.79 Å². The first-order valence-corrected chi connectivity index (χ1v) is 9.50. The third-order valence-electron chi connectivity index (χ3n) is 5.40. The van der Waals surface area contributed by atoms with Gasteiger partial charge in [0.1, 0.15) is 5.65 Å². The standard InChI is InChI=1S/C20H30N4O/c1-14(2)6-10-22-20(25)15(3)24-11-7-16(8-12-24)18-13-23-19-17(18)5-4-9-21-19/h4-5,9,13-16H,6-8,10-12H2,1-3H3,(H,21,23)(H,22,25). The number of nitrogens with one attached hydrogen (secondary N) is 2. The van der Waals surface area contributed by atoms with E-state index in [-0.39, 0.29) is 11.9 Å². The molecule has 136 valence electrons. The molecule has 1 aliphatic rings. The summed E-state index contributed by atoms with van der Waals surface area (Å²) < 4.78 is 0. The molecule has 5 nitrogen and oxygen atoms in total. The molecule has 1 fully saturated rings. The van der Waals surface area contributed by atoms with Crippen molar-refractivity contribution in [1.82, 2.24) is 20.2 Å². The number of rotatable bonds is 6. The summed E-state index contributed by atoms with van der Waals surface area (Å²) in [5, 5.41) is 4.32. The van der Waals surface area contributed by atoms with Crippen LogP contribution in [0.3, 0.4) is 0 Å². The summed E-state index contributed by atoms with van der Waals surface area (Å²) in [5.74, 6) is 1.33. The first-order valence-electron chi connectivity index (χ1n) is 9.50. The van der Waals surface area contributed by atoms with Crippen LogP contribution in [-0.4, -0.2) is 46.5 Å². The maximum absolute atomic E-state index is 12.3. The average molecular weight is 342 g/mol. The predicted molar refractivity (Wildman–Crippen MR) is 102 cm³/mol. The Hall–Kier alpha value is -1.88. The van der Waals surface area contributed by atoms with Crippen molar-refractivity contribution in [2.24, 2.45) is 5.92 Å². The molecule has 0 bridgehead atoms. The fourth-order valence-electron chi connectivity index (χ4n) is 3.71. The SMILES string of the molecule is CC(C)CCNC(=O)C(C)N1CCC(c2c[nH]c3ncccc23)CC1. The monoisotopic (exact) mass is 342 g/mol. The molecule has 3 heterocycles. The van der Waals surface area contributed by atoms with Crippen LogP contribution in [0.4, 0.5) is 0 Å². The number of amides is 1. The van der Waals surface area contributed by atoms with E-state index in [0.29, 0.717) is 11.8 Å². The number of piperidine rings is 1. The number of fused-ring (bicyclic) bond motifs is 1. The molecule has 0 spiro atoms. The number of aromatic amines is 1. The van der Waals surface area contributed by atoms with E-state index < -0.39 is 0 Å². The van der Waals surface area contributed by atoms with Crippen LogP contribution >= 0.6 is 0 Å². The number of pyridine rings is 1. The fraction of sp³-hybridized carbons (Fsp3) is 0.600. The second kappa shape index (κ2) is 8.00. The lowest BCUT2D eigenvalue weighted by atomic mass is 9.89. The van der Waals surface area contributed by atoms with Gasteiger partial charge in [0.25, 0.3) is 0 Å². The van der Waals surface area contributed by atoms with Crippen molar-refractivity contribution in [3.05, 3.63) is 30.1 Å². The summed E-state index contributed by atoms with van der Waals surface area (Å²) in [6.45, 7) is 9.11. The molecule has 0 radical (unpaired) electrons. The van der Waals surface area contributed by atoms with E-state index in [1.165, 1.54) is 10.9 Å². The van der Waals surface area contributed by atoms with Gasteiger partial charge in [0.15, 0.2) is 0 Å². The van der Waals surface area contributed by atoms with Crippen molar-refractivity contribution in [1.29, 1.82) is 0 Å². The zero-order valence-corrected chi connectivity index (χ0v) is 15.6. The summed E-state index contributed by atoms with van der Waals surface area (Å²) >= 11 is 0. The lowest BCUT2D eigenvalue weighted by Crippen LogP contribution is -2.48. The van der Waals surface area contributed by atoms with Crippen LogP contribution < -0.4 is 5.32 Å². The summed E-state index contributed by atoms with van der Waals surface area (Å²) in [7, 11) is 0. The molecule has 1 atom stereocenters. The molecule has 0 aromatic carbocycles. The highest BCUT2D eigenvalue weighted by molar-refractivity contribution is 5.81. The van der Waals surface area contributed by atoms with Crippen LogP contribution in [-0.2, 0) is 4.79 Å². The first-order chi connectivity index (χ1) is 12.1. The van der Waals surface area contributed by atoms with Gasteiger partial charge in [0.2, 0.25) is 5.91 Å². The third-order valence-corrected chi connectivity index (χ3v) is 5.40. The Kier molecular flexibility index (Phi) is 5.74. The Balaban J connectivity index is 1.54. The molecule has 1 aliphatic heterocycles. The summed E-state index contributed by atoms with van der Waals surface area (Å²) in [6.07, 6.45) is 7.15. The lowest BCUT2D eigenvalue weighted by molar-refractivity contribution is -0.126. The molecule has 0 aliphatic carbocycles. The molecule has 2 aromatic heterocycles. The second-order valence-corrected chi connectivity index (χ2v) is 7.60. The Morgan fingerprint density at radius 2 is 2.12 bits per heavy atom. The van der Waals surface area contributed by atoms with Gasteiger partial charge >= 0.3 is 0 Å². The smallest absolute Gasteiger partial charge is 0.237 e. The van der Waals surface area contributed by atoms with Gasteiger partial charge in [-0.1, -0.05) is 13.8 Å². The van der Waals surface area contributed by atoms with Crippen LogP contribution in [0, 0.1) is 5.92 Å². The summed E-state index contributed by atoms with van der Waals surface area (Å²) in [5.41, 5.74) is 2.34. The maximum atomic E-state index is 12.3. The van der Waals surface area contributed by atoms with E-state index in [0.717, 1.165) is 44.5 Å². The zero-order valence-electron chi connectivity index (χ0n) is 15.6. The third kappa shape index (κ3) is 4.21.